The number of benzene rings is 1. The first-order chi connectivity index (χ1) is 5.77. The minimum absolute atomic E-state index is 0.667. The van der Waals surface area contributed by atoms with E-state index in [0.717, 1.165) is 17.0 Å². The second-order valence-electron chi connectivity index (χ2n) is 2.43. The number of ether oxygens (including phenoxy) is 1. The van der Waals surface area contributed by atoms with Crippen LogP contribution in [0.5, 0.6) is 5.75 Å². The third-order valence-electron chi connectivity index (χ3n) is 1.59. The molecule has 0 saturated carbocycles. The summed E-state index contributed by atoms with van der Waals surface area (Å²) in [4.78, 5) is 0. The summed E-state index contributed by atoms with van der Waals surface area (Å²) in [6, 6.07) is 5.56. The Morgan fingerprint density at radius 2 is 2.33 bits per heavy atom. The molecule has 2 N–H and O–H groups in total. The molecule has 0 aromatic heterocycles. The fraction of sp³-hybridized carbons (Fsp3) is 0.200. The van der Waals surface area contributed by atoms with Gasteiger partial charge < -0.3 is 10.5 Å². The van der Waals surface area contributed by atoms with Crippen LogP contribution in [0.4, 0.5) is 5.69 Å². The van der Waals surface area contributed by atoms with Crippen molar-refractivity contribution in [3.8, 4) is 5.75 Å². The van der Waals surface area contributed by atoms with Crippen LogP contribution >= 0.6 is 0 Å². The van der Waals surface area contributed by atoms with E-state index in [4.69, 9.17) is 10.5 Å². The van der Waals surface area contributed by atoms with E-state index in [1.165, 1.54) is 0 Å². The zero-order chi connectivity index (χ0) is 8.97. The van der Waals surface area contributed by atoms with Gasteiger partial charge in [0.1, 0.15) is 5.75 Å². The molecule has 0 fully saturated rings. The third kappa shape index (κ3) is 1.78. The second-order valence-corrected chi connectivity index (χ2v) is 2.43. The van der Waals surface area contributed by atoms with Crippen molar-refractivity contribution in [3.05, 3.63) is 30.3 Å². The highest BCUT2D eigenvalue weighted by Gasteiger charge is 1.96. The Bertz CT molecular complexity index is 281. The van der Waals surface area contributed by atoms with Crippen molar-refractivity contribution >= 4 is 11.8 Å². The van der Waals surface area contributed by atoms with Gasteiger partial charge in [-0.3, -0.25) is 0 Å². The van der Waals surface area contributed by atoms with Crippen molar-refractivity contribution in [2.75, 3.05) is 12.3 Å². The molecule has 0 unspecified atom stereocenters. The van der Waals surface area contributed by atoms with E-state index in [-0.39, 0.29) is 0 Å². The molecule has 0 aliphatic rings. The van der Waals surface area contributed by atoms with Gasteiger partial charge in [0, 0.05) is 11.3 Å². The average molecular weight is 163 g/mol. The molecule has 2 heteroatoms. The summed E-state index contributed by atoms with van der Waals surface area (Å²) in [5.74, 6) is 0.835. The van der Waals surface area contributed by atoms with Crippen molar-refractivity contribution < 1.29 is 4.74 Å². The standard InChI is InChI=1S/C10H13NO/c1-3-8-7-9(12-4-2)5-6-10(8)11/h3,5-7H,1,4,11H2,2H3. The van der Waals surface area contributed by atoms with E-state index in [0.29, 0.717) is 6.61 Å². The maximum atomic E-state index is 5.67. The van der Waals surface area contributed by atoms with Crippen LogP contribution in [-0.2, 0) is 0 Å². The molecule has 0 atom stereocenters. The SMILES string of the molecule is C=Cc1cc(OCC)ccc1N. The van der Waals surface area contributed by atoms with Gasteiger partial charge in [0.05, 0.1) is 6.61 Å². The smallest absolute Gasteiger partial charge is 0.120 e. The maximum Gasteiger partial charge on any atom is 0.120 e. The first-order valence-electron chi connectivity index (χ1n) is 3.92. The lowest BCUT2D eigenvalue weighted by atomic mass is 10.2. The van der Waals surface area contributed by atoms with E-state index >= 15 is 0 Å². The Balaban J connectivity index is 2.96. The van der Waals surface area contributed by atoms with Crippen molar-refractivity contribution in [2.24, 2.45) is 0 Å². The van der Waals surface area contributed by atoms with Gasteiger partial charge in [-0.15, -0.1) is 0 Å². The van der Waals surface area contributed by atoms with Crippen LogP contribution in [0.1, 0.15) is 12.5 Å². The summed E-state index contributed by atoms with van der Waals surface area (Å²) in [5.41, 5.74) is 7.32. The molecule has 0 saturated heterocycles. The topological polar surface area (TPSA) is 35.2 Å². The molecule has 1 aromatic carbocycles. The number of hydrogen-bond acceptors (Lipinski definition) is 2. The minimum atomic E-state index is 0.667. The highest BCUT2D eigenvalue weighted by atomic mass is 16.5. The molecule has 64 valence electrons. The lowest BCUT2D eigenvalue weighted by Crippen LogP contribution is -1.94. The molecule has 12 heavy (non-hydrogen) atoms. The highest BCUT2D eigenvalue weighted by molar-refractivity contribution is 5.65. The Morgan fingerprint density at radius 3 is 2.92 bits per heavy atom. The molecule has 0 aliphatic carbocycles. The van der Waals surface area contributed by atoms with E-state index in [2.05, 4.69) is 6.58 Å². The first kappa shape index (κ1) is 8.65. The quantitative estimate of drug-likeness (QED) is 0.694. The summed E-state index contributed by atoms with van der Waals surface area (Å²) in [6.07, 6.45) is 1.72. The number of rotatable bonds is 3. The molecule has 0 bridgehead atoms. The molecule has 0 spiro atoms. The van der Waals surface area contributed by atoms with Gasteiger partial charge in [0.25, 0.3) is 0 Å². The summed E-state index contributed by atoms with van der Waals surface area (Å²) < 4.78 is 5.30. The van der Waals surface area contributed by atoms with Crippen LogP contribution in [0.25, 0.3) is 6.08 Å². The molecule has 2 nitrogen and oxygen atoms in total. The van der Waals surface area contributed by atoms with Gasteiger partial charge in [-0.2, -0.15) is 0 Å². The largest absolute Gasteiger partial charge is 0.494 e. The third-order valence-corrected chi connectivity index (χ3v) is 1.59. The fourth-order valence-corrected chi connectivity index (χ4v) is 0.986. The van der Waals surface area contributed by atoms with Gasteiger partial charge in [-0.05, 0) is 25.1 Å². The molecule has 0 aliphatic heterocycles. The fourth-order valence-electron chi connectivity index (χ4n) is 0.986. The Morgan fingerprint density at radius 1 is 1.58 bits per heavy atom. The van der Waals surface area contributed by atoms with Crippen LogP contribution in [0.15, 0.2) is 24.8 Å². The summed E-state index contributed by atoms with van der Waals surface area (Å²) in [7, 11) is 0. The molecular weight excluding hydrogens is 150 g/mol. The van der Waals surface area contributed by atoms with E-state index in [1.54, 1.807) is 6.08 Å². The number of anilines is 1. The summed E-state index contributed by atoms with van der Waals surface area (Å²) in [6.45, 7) is 6.27. The Hall–Kier alpha value is -1.44. The zero-order valence-corrected chi connectivity index (χ0v) is 7.21. The zero-order valence-electron chi connectivity index (χ0n) is 7.21. The van der Waals surface area contributed by atoms with E-state index in [1.807, 2.05) is 25.1 Å². The molecule has 0 heterocycles. The first-order valence-corrected chi connectivity index (χ1v) is 3.92. The van der Waals surface area contributed by atoms with Crippen LogP contribution in [0.2, 0.25) is 0 Å². The minimum Gasteiger partial charge on any atom is -0.494 e. The van der Waals surface area contributed by atoms with Gasteiger partial charge in [-0.1, -0.05) is 12.7 Å². The monoisotopic (exact) mass is 163 g/mol. The molecule has 1 aromatic rings. The maximum absolute atomic E-state index is 5.67. The molecule has 0 radical (unpaired) electrons. The molecule has 0 amide bonds. The predicted molar refractivity (Wildman–Crippen MR) is 52.1 cm³/mol. The van der Waals surface area contributed by atoms with Crippen molar-refractivity contribution in [3.63, 3.8) is 0 Å². The van der Waals surface area contributed by atoms with Crippen molar-refractivity contribution in [2.45, 2.75) is 6.92 Å². The average Bonchev–Trinajstić information content (AvgIpc) is 2.09. The second kappa shape index (κ2) is 3.81. The van der Waals surface area contributed by atoms with Crippen molar-refractivity contribution in [1.82, 2.24) is 0 Å². The normalized spacial score (nSPS) is 9.42. The molecular formula is C10H13NO. The molecule has 1 rings (SSSR count). The highest BCUT2D eigenvalue weighted by Crippen LogP contribution is 2.20. The van der Waals surface area contributed by atoms with E-state index < -0.39 is 0 Å². The van der Waals surface area contributed by atoms with E-state index in [9.17, 15) is 0 Å². The summed E-state index contributed by atoms with van der Waals surface area (Å²) in [5, 5.41) is 0. The Labute approximate surface area is 72.7 Å². The Kier molecular flexibility index (Phi) is 2.75. The number of hydrogen-bond donors (Lipinski definition) is 1. The lowest BCUT2D eigenvalue weighted by Gasteiger charge is -2.05. The van der Waals surface area contributed by atoms with Gasteiger partial charge in [0.2, 0.25) is 0 Å². The van der Waals surface area contributed by atoms with Crippen molar-refractivity contribution in [1.29, 1.82) is 0 Å². The van der Waals surface area contributed by atoms with Crippen LogP contribution in [0, 0.1) is 0 Å². The number of nitrogens with two attached hydrogens (primary N) is 1. The lowest BCUT2D eigenvalue weighted by molar-refractivity contribution is 0.340. The van der Waals surface area contributed by atoms with Crippen LogP contribution in [0.3, 0.4) is 0 Å². The van der Waals surface area contributed by atoms with Gasteiger partial charge in [-0.25, -0.2) is 0 Å². The summed E-state index contributed by atoms with van der Waals surface area (Å²) >= 11 is 0. The van der Waals surface area contributed by atoms with Crippen LogP contribution in [-0.4, -0.2) is 6.61 Å². The van der Waals surface area contributed by atoms with Gasteiger partial charge in [0.15, 0.2) is 0 Å². The number of nitrogen functional groups attached to an aromatic ring is 1. The predicted octanol–water partition coefficient (Wildman–Crippen LogP) is 2.31. The van der Waals surface area contributed by atoms with Crippen LogP contribution < -0.4 is 10.5 Å². The van der Waals surface area contributed by atoms with Gasteiger partial charge >= 0.3 is 0 Å².